The van der Waals surface area contributed by atoms with Crippen molar-refractivity contribution >= 4 is 23.8 Å². The van der Waals surface area contributed by atoms with Gasteiger partial charge in [-0.05, 0) is 17.9 Å². The minimum atomic E-state index is -0.878. The molecule has 68 valence electrons. The first-order chi connectivity index (χ1) is 6.24. The predicted molar refractivity (Wildman–Crippen MR) is 55.6 cm³/mol. The second-order valence-electron chi connectivity index (χ2n) is 2.43. The van der Waals surface area contributed by atoms with E-state index in [-0.39, 0.29) is 0 Å². The van der Waals surface area contributed by atoms with Crippen molar-refractivity contribution in [1.29, 1.82) is 0 Å². The molecule has 0 amide bonds. The molecule has 1 N–H and O–H groups in total. The molecule has 1 aromatic rings. The zero-order valence-electron chi connectivity index (χ0n) is 7.23. The molecule has 0 aliphatic heterocycles. The average Bonchev–Trinajstić information content (AvgIpc) is 2.15. The summed E-state index contributed by atoms with van der Waals surface area (Å²) in [4.78, 5) is 11.0. The van der Waals surface area contributed by atoms with Crippen LogP contribution in [0.3, 0.4) is 0 Å². The third-order valence-electron chi connectivity index (χ3n) is 1.53. The quantitative estimate of drug-likeness (QED) is 0.751. The summed E-state index contributed by atoms with van der Waals surface area (Å²) in [5.74, 6) is -0.878. The van der Waals surface area contributed by atoms with Crippen LogP contribution in [0, 0.1) is 0 Å². The molecule has 0 unspecified atom stereocenters. The highest BCUT2D eigenvalue weighted by Gasteiger charge is 2.04. The zero-order chi connectivity index (χ0) is 9.68. The molecule has 0 spiro atoms. The van der Waals surface area contributed by atoms with Crippen molar-refractivity contribution in [1.82, 2.24) is 0 Å². The van der Waals surface area contributed by atoms with Crippen LogP contribution < -0.4 is 0 Å². The normalized spacial score (nSPS) is 11.3. The largest absolute Gasteiger partial charge is 0.477 e. The van der Waals surface area contributed by atoms with Gasteiger partial charge in [0, 0.05) is 0 Å². The Hall–Kier alpha value is -1.22. The topological polar surface area (TPSA) is 37.3 Å². The third kappa shape index (κ3) is 2.95. The monoisotopic (exact) mass is 194 g/mol. The Kier molecular flexibility index (Phi) is 3.58. The van der Waals surface area contributed by atoms with Crippen LogP contribution in [0.2, 0.25) is 0 Å². The molecule has 3 heteroatoms. The van der Waals surface area contributed by atoms with Crippen molar-refractivity contribution in [3.05, 3.63) is 40.8 Å². The molecule has 0 heterocycles. The van der Waals surface area contributed by atoms with Gasteiger partial charge in [-0.25, -0.2) is 4.79 Å². The van der Waals surface area contributed by atoms with E-state index in [4.69, 9.17) is 5.11 Å². The van der Waals surface area contributed by atoms with Crippen molar-refractivity contribution in [2.75, 3.05) is 6.26 Å². The van der Waals surface area contributed by atoms with Crippen LogP contribution in [0.5, 0.6) is 0 Å². The molecule has 0 aliphatic carbocycles. The number of hydrogen-bond donors (Lipinski definition) is 1. The van der Waals surface area contributed by atoms with E-state index in [1.54, 1.807) is 12.3 Å². The molecule has 0 radical (unpaired) electrons. The van der Waals surface area contributed by atoms with Crippen molar-refractivity contribution in [3.63, 3.8) is 0 Å². The lowest BCUT2D eigenvalue weighted by Crippen LogP contribution is -1.95. The maximum atomic E-state index is 10.6. The maximum absolute atomic E-state index is 10.6. The van der Waals surface area contributed by atoms with Gasteiger partial charge in [0.2, 0.25) is 0 Å². The maximum Gasteiger partial charge on any atom is 0.342 e. The van der Waals surface area contributed by atoms with E-state index in [0.29, 0.717) is 4.91 Å². The van der Waals surface area contributed by atoms with Gasteiger partial charge in [0.1, 0.15) is 0 Å². The van der Waals surface area contributed by atoms with Gasteiger partial charge in [-0.2, -0.15) is 0 Å². The van der Waals surface area contributed by atoms with Crippen LogP contribution in [0.4, 0.5) is 0 Å². The van der Waals surface area contributed by atoms with Crippen molar-refractivity contribution < 1.29 is 9.90 Å². The SMILES string of the molecule is CS/C(=C/c1ccccc1)C(=O)O. The molecule has 0 aliphatic rings. The van der Waals surface area contributed by atoms with Gasteiger partial charge in [0.25, 0.3) is 0 Å². The van der Waals surface area contributed by atoms with E-state index in [1.807, 2.05) is 30.3 Å². The summed E-state index contributed by atoms with van der Waals surface area (Å²) in [5.41, 5.74) is 0.911. The average molecular weight is 194 g/mol. The number of rotatable bonds is 3. The highest BCUT2D eigenvalue weighted by molar-refractivity contribution is 8.03. The first kappa shape index (κ1) is 9.86. The zero-order valence-corrected chi connectivity index (χ0v) is 8.04. The Morgan fingerprint density at radius 3 is 2.46 bits per heavy atom. The summed E-state index contributed by atoms with van der Waals surface area (Å²) in [6, 6.07) is 9.41. The third-order valence-corrected chi connectivity index (χ3v) is 2.26. The van der Waals surface area contributed by atoms with Crippen molar-refractivity contribution in [2.24, 2.45) is 0 Å². The van der Waals surface area contributed by atoms with Crippen LogP contribution in [-0.4, -0.2) is 17.3 Å². The van der Waals surface area contributed by atoms with E-state index < -0.39 is 5.97 Å². The number of carbonyl (C=O) groups is 1. The fraction of sp³-hybridized carbons (Fsp3) is 0.100. The first-order valence-electron chi connectivity index (χ1n) is 3.78. The second-order valence-corrected chi connectivity index (χ2v) is 3.28. The number of carboxylic acid groups (broad SMARTS) is 1. The molecule has 1 aromatic carbocycles. The van der Waals surface area contributed by atoms with Crippen LogP contribution in [0.1, 0.15) is 5.56 Å². The van der Waals surface area contributed by atoms with E-state index in [9.17, 15) is 4.79 Å². The molecular formula is C10H10O2S. The van der Waals surface area contributed by atoms with E-state index in [0.717, 1.165) is 5.56 Å². The predicted octanol–water partition coefficient (Wildman–Crippen LogP) is 2.48. The van der Waals surface area contributed by atoms with Gasteiger partial charge in [-0.1, -0.05) is 30.3 Å². The molecular weight excluding hydrogens is 184 g/mol. The summed E-state index contributed by atoms with van der Waals surface area (Å²) < 4.78 is 0. The van der Waals surface area contributed by atoms with Gasteiger partial charge in [0.05, 0.1) is 4.91 Å². The van der Waals surface area contributed by atoms with E-state index in [1.165, 1.54) is 11.8 Å². The molecule has 0 saturated carbocycles. The molecule has 2 nitrogen and oxygen atoms in total. The Labute approximate surface area is 81.3 Å². The number of benzene rings is 1. The lowest BCUT2D eigenvalue weighted by atomic mass is 10.2. The van der Waals surface area contributed by atoms with Gasteiger partial charge < -0.3 is 5.11 Å². The molecule has 0 bridgehead atoms. The second kappa shape index (κ2) is 4.72. The Balaban J connectivity index is 2.92. The Bertz CT molecular complexity index is 317. The molecule has 1 rings (SSSR count). The highest BCUT2D eigenvalue weighted by atomic mass is 32.2. The smallest absolute Gasteiger partial charge is 0.342 e. The number of thioether (sulfide) groups is 1. The van der Waals surface area contributed by atoms with Gasteiger partial charge in [-0.15, -0.1) is 11.8 Å². The summed E-state index contributed by atoms with van der Waals surface area (Å²) in [6.07, 6.45) is 3.41. The van der Waals surface area contributed by atoms with Gasteiger partial charge in [0.15, 0.2) is 0 Å². The number of hydrogen-bond acceptors (Lipinski definition) is 2. The van der Waals surface area contributed by atoms with Crippen molar-refractivity contribution in [2.45, 2.75) is 0 Å². The molecule has 0 atom stereocenters. The lowest BCUT2D eigenvalue weighted by Gasteiger charge is -1.96. The first-order valence-corrected chi connectivity index (χ1v) is 5.00. The molecule has 0 fully saturated rings. The fourth-order valence-corrected chi connectivity index (χ4v) is 1.34. The van der Waals surface area contributed by atoms with Crippen LogP contribution in [0.15, 0.2) is 35.2 Å². The summed E-state index contributed by atoms with van der Waals surface area (Å²) in [6.45, 7) is 0. The van der Waals surface area contributed by atoms with Gasteiger partial charge in [-0.3, -0.25) is 0 Å². The van der Waals surface area contributed by atoms with Crippen LogP contribution in [-0.2, 0) is 4.79 Å². The molecule has 0 saturated heterocycles. The van der Waals surface area contributed by atoms with Crippen LogP contribution in [0.25, 0.3) is 6.08 Å². The van der Waals surface area contributed by atoms with E-state index in [2.05, 4.69) is 0 Å². The van der Waals surface area contributed by atoms with E-state index >= 15 is 0 Å². The van der Waals surface area contributed by atoms with Crippen molar-refractivity contribution in [3.8, 4) is 0 Å². The van der Waals surface area contributed by atoms with Gasteiger partial charge >= 0.3 is 5.97 Å². The molecule has 13 heavy (non-hydrogen) atoms. The minimum absolute atomic E-state index is 0.353. The molecule has 0 aromatic heterocycles. The standard InChI is InChI=1S/C10H10O2S/c1-13-9(10(11)12)7-8-5-3-2-4-6-8/h2-7H,1H3,(H,11,12)/b9-7+. The number of carboxylic acids is 1. The van der Waals surface area contributed by atoms with Crippen LogP contribution >= 0.6 is 11.8 Å². The fourth-order valence-electron chi connectivity index (χ4n) is 0.909. The number of aliphatic carboxylic acids is 1. The Morgan fingerprint density at radius 1 is 1.38 bits per heavy atom. The Morgan fingerprint density at radius 2 is 2.00 bits per heavy atom. The highest BCUT2D eigenvalue weighted by Crippen LogP contribution is 2.15. The lowest BCUT2D eigenvalue weighted by molar-refractivity contribution is -0.131. The minimum Gasteiger partial charge on any atom is -0.477 e. The summed E-state index contributed by atoms with van der Waals surface area (Å²) in [5, 5.41) is 8.75. The summed E-state index contributed by atoms with van der Waals surface area (Å²) in [7, 11) is 0. The summed E-state index contributed by atoms with van der Waals surface area (Å²) >= 11 is 1.23.